The van der Waals surface area contributed by atoms with Crippen molar-refractivity contribution in [2.75, 3.05) is 37.6 Å². The number of fused-ring (bicyclic) bond motifs is 2. The van der Waals surface area contributed by atoms with Crippen molar-refractivity contribution in [3.63, 3.8) is 0 Å². The van der Waals surface area contributed by atoms with E-state index in [9.17, 15) is 4.39 Å². The second-order valence-electron chi connectivity index (χ2n) is 7.45. The molecule has 0 bridgehead atoms. The number of anilines is 1. The highest BCUT2D eigenvalue weighted by atomic mass is 35.5. The minimum Gasteiger partial charge on any atom is -0.368 e. The van der Waals surface area contributed by atoms with Crippen LogP contribution in [-0.4, -0.2) is 47.6 Å². The first kappa shape index (κ1) is 17.6. The molecule has 0 aliphatic carbocycles. The van der Waals surface area contributed by atoms with E-state index >= 15 is 0 Å². The highest BCUT2D eigenvalue weighted by Gasteiger charge is 2.20. The number of hydrogen-bond donors (Lipinski definition) is 2. The highest BCUT2D eigenvalue weighted by Crippen LogP contribution is 2.29. The van der Waals surface area contributed by atoms with E-state index in [0.29, 0.717) is 0 Å². The predicted molar refractivity (Wildman–Crippen MR) is 114 cm³/mol. The standard InChI is InChI=1S/C22H22ClFN4/c23-16-1-2-18-15(14-26-20(18)11-16)4-6-27-7-9-28(10-8-27)22-13-17(24)12-21-19(22)3-5-25-21/h1-3,5,11-14,25-26H,4,6-10H2. The molecule has 4 aromatic rings. The van der Waals surface area contributed by atoms with Crippen LogP contribution in [0.25, 0.3) is 21.8 Å². The smallest absolute Gasteiger partial charge is 0.127 e. The van der Waals surface area contributed by atoms with Crippen LogP contribution >= 0.6 is 11.6 Å². The highest BCUT2D eigenvalue weighted by molar-refractivity contribution is 6.31. The second kappa shape index (κ2) is 7.15. The largest absolute Gasteiger partial charge is 0.368 e. The maximum atomic E-state index is 14.0. The Balaban J connectivity index is 1.24. The maximum absolute atomic E-state index is 14.0. The number of halogens is 2. The van der Waals surface area contributed by atoms with Crippen LogP contribution in [0.1, 0.15) is 5.56 Å². The normalized spacial score (nSPS) is 15.7. The molecule has 1 fully saturated rings. The average Bonchev–Trinajstić information content (AvgIpc) is 3.32. The zero-order valence-corrected chi connectivity index (χ0v) is 16.3. The summed E-state index contributed by atoms with van der Waals surface area (Å²) >= 11 is 6.07. The Labute approximate surface area is 167 Å². The Morgan fingerprint density at radius 1 is 0.929 bits per heavy atom. The first-order valence-corrected chi connectivity index (χ1v) is 10.0. The van der Waals surface area contributed by atoms with E-state index < -0.39 is 0 Å². The molecule has 0 unspecified atom stereocenters. The minimum atomic E-state index is -0.188. The van der Waals surface area contributed by atoms with E-state index in [-0.39, 0.29) is 5.82 Å². The van der Waals surface area contributed by atoms with E-state index in [4.69, 9.17) is 11.6 Å². The van der Waals surface area contributed by atoms with Gasteiger partial charge < -0.3 is 14.9 Å². The molecule has 0 radical (unpaired) electrons. The number of rotatable bonds is 4. The Bertz CT molecular complexity index is 1120. The Morgan fingerprint density at radius 3 is 2.61 bits per heavy atom. The van der Waals surface area contributed by atoms with Crippen LogP contribution in [0.5, 0.6) is 0 Å². The van der Waals surface area contributed by atoms with Crippen LogP contribution in [0.4, 0.5) is 10.1 Å². The van der Waals surface area contributed by atoms with Gasteiger partial charge in [-0.05, 0) is 42.3 Å². The summed E-state index contributed by atoms with van der Waals surface area (Å²) in [5.74, 6) is -0.188. The summed E-state index contributed by atoms with van der Waals surface area (Å²) in [6, 6.07) is 11.3. The third kappa shape index (κ3) is 3.25. The van der Waals surface area contributed by atoms with Gasteiger partial charge in [0, 0.05) is 72.1 Å². The molecule has 0 amide bonds. The quantitative estimate of drug-likeness (QED) is 0.519. The van der Waals surface area contributed by atoms with Crippen LogP contribution < -0.4 is 4.90 Å². The summed E-state index contributed by atoms with van der Waals surface area (Å²) in [7, 11) is 0. The van der Waals surface area contributed by atoms with Crippen molar-refractivity contribution in [3.8, 4) is 0 Å². The zero-order valence-electron chi connectivity index (χ0n) is 15.5. The summed E-state index contributed by atoms with van der Waals surface area (Å²) < 4.78 is 14.0. The number of aromatic amines is 2. The van der Waals surface area contributed by atoms with Gasteiger partial charge in [0.05, 0.1) is 5.52 Å². The van der Waals surface area contributed by atoms with Gasteiger partial charge in [-0.1, -0.05) is 17.7 Å². The third-order valence-electron chi connectivity index (χ3n) is 5.75. The van der Waals surface area contributed by atoms with Gasteiger partial charge in [-0.25, -0.2) is 4.39 Å². The van der Waals surface area contributed by atoms with Crippen molar-refractivity contribution in [3.05, 3.63) is 65.2 Å². The molecule has 144 valence electrons. The van der Waals surface area contributed by atoms with Gasteiger partial charge in [0.25, 0.3) is 0 Å². The van der Waals surface area contributed by atoms with Crippen molar-refractivity contribution < 1.29 is 4.39 Å². The van der Waals surface area contributed by atoms with Gasteiger partial charge in [-0.3, -0.25) is 4.90 Å². The molecule has 4 nitrogen and oxygen atoms in total. The molecule has 0 saturated carbocycles. The number of piperazine rings is 1. The second-order valence-corrected chi connectivity index (χ2v) is 7.88. The number of nitrogens with zero attached hydrogens (tertiary/aromatic N) is 2. The Morgan fingerprint density at radius 2 is 1.75 bits per heavy atom. The number of hydrogen-bond acceptors (Lipinski definition) is 2. The first-order chi connectivity index (χ1) is 13.7. The summed E-state index contributed by atoms with van der Waals surface area (Å²) in [6.07, 6.45) is 4.97. The fourth-order valence-electron chi connectivity index (χ4n) is 4.23. The molecule has 3 heterocycles. The predicted octanol–water partition coefficient (Wildman–Crippen LogP) is 4.81. The number of nitrogens with one attached hydrogen (secondary N) is 2. The molecular formula is C22H22ClFN4. The van der Waals surface area contributed by atoms with Gasteiger partial charge in [-0.15, -0.1) is 0 Å². The molecule has 2 aromatic heterocycles. The molecule has 5 rings (SSSR count). The molecule has 6 heteroatoms. The van der Waals surface area contributed by atoms with Gasteiger partial charge in [0.1, 0.15) is 5.82 Å². The molecule has 2 aromatic carbocycles. The van der Waals surface area contributed by atoms with Crippen LogP contribution in [0.3, 0.4) is 0 Å². The minimum absolute atomic E-state index is 0.188. The summed E-state index contributed by atoms with van der Waals surface area (Å²) in [4.78, 5) is 11.2. The van der Waals surface area contributed by atoms with Crippen LogP contribution in [0.2, 0.25) is 5.02 Å². The van der Waals surface area contributed by atoms with Gasteiger partial charge >= 0.3 is 0 Å². The monoisotopic (exact) mass is 396 g/mol. The van der Waals surface area contributed by atoms with E-state index in [2.05, 4.69) is 32.0 Å². The van der Waals surface area contributed by atoms with Crippen molar-refractivity contribution in [2.24, 2.45) is 0 Å². The topological polar surface area (TPSA) is 38.1 Å². The molecular weight excluding hydrogens is 375 g/mol. The van der Waals surface area contributed by atoms with Crippen LogP contribution in [-0.2, 0) is 6.42 Å². The number of H-pyrrole nitrogens is 2. The van der Waals surface area contributed by atoms with Crippen molar-refractivity contribution in [2.45, 2.75) is 6.42 Å². The van der Waals surface area contributed by atoms with E-state index in [0.717, 1.165) is 66.3 Å². The van der Waals surface area contributed by atoms with Crippen LogP contribution in [0, 0.1) is 5.82 Å². The number of aromatic nitrogens is 2. The zero-order chi connectivity index (χ0) is 19.1. The summed E-state index contributed by atoms with van der Waals surface area (Å²) in [5, 5.41) is 3.09. The number of benzene rings is 2. The lowest BCUT2D eigenvalue weighted by Crippen LogP contribution is -2.47. The van der Waals surface area contributed by atoms with E-state index in [1.54, 1.807) is 12.1 Å². The van der Waals surface area contributed by atoms with Crippen molar-refractivity contribution >= 4 is 39.1 Å². The molecule has 1 aliphatic heterocycles. The van der Waals surface area contributed by atoms with Crippen molar-refractivity contribution in [1.82, 2.24) is 14.9 Å². The lowest BCUT2D eigenvalue weighted by molar-refractivity contribution is 0.261. The summed E-state index contributed by atoms with van der Waals surface area (Å²) in [6.45, 7) is 4.81. The van der Waals surface area contributed by atoms with Gasteiger partial charge in [0.15, 0.2) is 0 Å². The van der Waals surface area contributed by atoms with Gasteiger partial charge in [0.2, 0.25) is 0 Å². The maximum Gasteiger partial charge on any atom is 0.127 e. The van der Waals surface area contributed by atoms with Gasteiger partial charge in [-0.2, -0.15) is 0 Å². The molecule has 2 N–H and O–H groups in total. The first-order valence-electron chi connectivity index (χ1n) is 9.67. The van der Waals surface area contributed by atoms with E-state index in [1.807, 2.05) is 24.4 Å². The molecule has 28 heavy (non-hydrogen) atoms. The lowest BCUT2D eigenvalue weighted by Gasteiger charge is -2.36. The molecule has 0 spiro atoms. The fourth-order valence-corrected chi connectivity index (χ4v) is 4.40. The third-order valence-corrected chi connectivity index (χ3v) is 5.99. The Kier molecular flexibility index (Phi) is 4.49. The SMILES string of the molecule is Fc1cc(N2CCN(CCc3c[nH]c4cc(Cl)ccc34)CC2)c2cc[nH]c2c1. The molecule has 0 atom stereocenters. The van der Waals surface area contributed by atoms with Crippen LogP contribution in [0.15, 0.2) is 48.8 Å². The summed E-state index contributed by atoms with van der Waals surface area (Å²) in [5.41, 5.74) is 4.27. The lowest BCUT2D eigenvalue weighted by atomic mass is 10.1. The molecule has 1 saturated heterocycles. The average molecular weight is 397 g/mol. The Hall–Kier alpha value is -2.50. The van der Waals surface area contributed by atoms with Crippen molar-refractivity contribution in [1.29, 1.82) is 0 Å². The fraction of sp³-hybridized carbons (Fsp3) is 0.273. The molecule has 1 aliphatic rings. The van der Waals surface area contributed by atoms with E-state index in [1.165, 1.54) is 10.9 Å².